The van der Waals surface area contributed by atoms with Gasteiger partial charge in [0.25, 0.3) is 0 Å². The lowest BCUT2D eigenvalue weighted by atomic mass is 10.0. The topological polar surface area (TPSA) is 59.6 Å². The normalized spacial score (nSPS) is 18.2. The van der Waals surface area contributed by atoms with Crippen LogP contribution >= 0.6 is 24.0 Å². The van der Waals surface area contributed by atoms with Gasteiger partial charge in [-0.15, -0.1) is 24.0 Å². The highest BCUT2D eigenvalue weighted by Gasteiger charge is 2.41. The van der Waals surface area contributed by atoms with Crippen LogP contribution in [0, 0.1) is 5.41 Å². The number of rotatable bonds is 7. The lowest BCUT2D eigenvalue weighted by Crippen LogP contribution is -2.24. The van der Waals surface area contributed by atoms with Crippen LogP contribution in [-0.4, -0.2) is 25.7 Å². The van der Waals surface area contributed by atoms with Crippen LogP contribution in [-0.2, 0) is 17.6 Å². The second kappa shape index (κ2) is 8.33. The minimum atomic E-state index is 0. The molecule has 23 heavy (non-hydrogen) atoms. The van der Waals surface area contributed by atoms with Crippen molar-refractivity contribution in [3.05, 3.63) is 29.3 Å². The van der Waals surface area contributed by atoms with Crippen molar-refractivity contribution >= 4 is 35.6 Å². The van der Waals surface area contributed by atoms with Crippen LogP contribution in [0.3, 0.4) is 0 Å². The predicted octanol–water partition coefficient (Wildman–Crippen LogP) is 3.73. The number of ether oxygens (including phenoxy) is 1. The molecule has 3 N–H and O–H groups in total. The van der Waals surface area contributed by atoms with Crippen molar-refractivity contribution in [3.8, 4) is 0 Å². The van der Waals surface area contributed by atoms with E-state index < -0.39 is 0 Å². The molecule has 2 aliphatic rings. The summed E-state index contributed by atoms with van der Waals surface area (Å²) < 4.78 is 5.46. The molecule has 0 unspecified atom stereocenters. The molecular weight excluding hydrogens is 401 g/mol. The van der Waals surface area contributed by atoms with Crippen molar-refractivity contribution in [2.45, 2.75) is 45.4 Å². The fraction of sp³-hybridized carbons (Fsp3) is 0.611. The van der Waals surface area contributed by atoms with Crippen molar-refractivity contribution in [1.82, 2.24) is 0 Å². The molecule has 1 saturated carbocycles. The molecule has 5 heteroatoms. The maximum atomic E-state index is 6.05. The smallest absolute Gasteiger partial charge is 0.193 e. The molecule has 0 aliphatic heterocycles. The molecule has 0 aromatic heterocycles. The minimum absolute atomic E-state index is 0. The number of guanidine groups is 1. The maximum absolute atomic E-state index is 6.05. The van der Waals surface area contributed by atoms with E-state index >= 15 is 0 Å². The van der Waals surface area contributed by atoms with Crippen molar-refractivity contribution in [2.24, 2.45) is 16.1 Å². The highest BCUT2D eigenvalue weighted by atomic mass is 127. The standard InChI is InChI=1S/C18H27N3O.HI/c1-2-22-11-10-18(8-9-18)13-20-17(19)21-16-7-6-14-4-3-5-15(14)12-16;/h6-7,12H,2-5,8-11,13H2,1H3,(H3,19,20,21);1H. The molecule has 0 amide bonds. The van der Waals surface area contributed by atoms with Gasteiger partial charge in [-0.25, -0.2) is 0 Å². The molecule has 3 rings (SSSR count). The SMILES string of the molecule is CCOCCC1(CN=C(N)Nc2ccc3c(c2)CCC3)CC1.I. The zero-order chi connectivity index (χ0) is 15.4. The third-order valence-corrected chi connectivity index (χ3v) is 4.89. The Hall–Kier alpha value is -0.820. The van der Waals surface area contributed by atoms with Crippen molar-refractivity contribution < 1.29 is 4.74 Å². The Morgan fingerprint density at radius 1 is 1.30 bits per heavy atom. The van der Waals surface area contributed by atoms with Gasteiger partial charge in [0.15, 0.2) is 5.96 Å². The van der Waals surface area contributed by atoms with Crippen LogP contribution in [0.4, 0.5) is 5.69 Å². The Kier molecular flexibility index (Phi) is 6.71. The van der Waals surface area contributed by atoms with E-state index in [2.05, 4.69) is 28.5 Å². The van der Waals surface area contributed by atoms with Gasteiger partial charge in [0.1, 0.15) is 0 Å². The molecule has 0 bridgehead atoms. The molecule has 1 fully saturated rings. The maximum Gasteiger partial charge on any atom is 0.193 e. The Morgan fingerprint density at radius 3 is 2.83 bits per heavy atom. The fourth-order valence-electron chi connectivity index (χ4n) is 3.19. The summed E-state index contributed by atoms with van der Waals surface area (Å²) in [5, 5.41) is 3.24. The first kappa shape index (κ1) is 18.5. The van der Waals surface area contributed by atoms with E-state index in [4.69, 9.17) is 10.5 Å². The lowest BCUT2D eigenvalue weighted by Gasteiger charge is -2.13. The summed E-state index contributed by atoms with van der Waals surface area (Å²) in [6.07, 6.45) is 7.25. The molecule has 0 heterocycles. The molecule has 0 spiro atoms. The quantitative estimate of drug-likeness (QED) is 0.301. The van der Waals surface area contributed by atoms with Crippen LogP contribution < -0.4 is 11.1 Å². The first-order valence-corrected chi connectivity index (χ1v) is 8.47. The van der Waals surface area contributed by atoms with E-state index in [9.17, 15) is 0 Å². The summed E-state index contributed by atoms with van der Waals surface area (Å²) in [4.78, 5) is 4.55. The van der Waals surface area contributed by atoms with E-state index in [1.165, 1.54) is 43.2 Å². The monoisotopic (exact) mass is 429 g/mol. The minimum Gasteiger partial charge on any atom is -0.382 e. The second-order valence-electron chi connectivity index (χ2n) is 6.61. The number of hydrogen-bond acceptors (Lipinski definition) is 2. The van der Waals surface area contributed by atoms with Crippen LogP contribution in [0.5, 0.6) is 0 Å². The Labute approximate surface area is 156 Å². The number of nitrogens with zero attached hydrogens (tertiary/aromatic N) is 1. The molecule has 2 aliphatic carbocycles. The molecule has 1 aromatic rings. The number of anilines is 1. The van der Waals surface area contributed by atoms with Crippen molar-refractivity contribution in [3.63, 3.8) is 0 Å². The van der Waals surface area contributed by atoms with Gasteiger partial charge < -0.3 is 15.8 Å². The number of halogens is 1. The molecular formula is C18H28IN3O. The van der Waals surface area contributed by atoms with Gasteiger partial charge in [0.2, 0.25) is 0 Å². The van der Waals surface area contributed by atoms with Crippen LogP contribution in [0.15, 0.2) is 23.2 Å². The van der Waals surface area contributed by atoms with Crippen molar-refractivity contribution in [1.29, 1.82) is 0 Å². The van der Waals surface area contributed by atoms with E-state index in [0.717, 1.165) is 31.9 Å². The number of aryl methyl sites for hydroxylation is 2. The first-order valence-electron chi connectivity index (χ1n) is 8.47. The first-order chi connectivity index (χ1) is 10.7. The number of benzene rings is 1. The molecule has 0 atom stereocenters. The van der Waals surface area contributed by atoms with Gasteiger partial charge in [-0.3, -0.25) is 4.99 Å². The zero-order valence-corrected chi connectivity index (χ0v) is 16.3. The number of fused-ring (bicyclic) bond motifs is 1. The van der Waals surface area contributed by atoms with Crippen LogP contribution in [0.25, 0.3) is 0 Å². The highest BCUT2D eigenvalue weighted by Crippen LogP contribution is 2.49. The van der Waals surface area contributed by atoms with Gasteiger partial charge in [-0.2, -0.15) is 0 Å². The molecule has 0 radical (unpaired) electrons. The number of hydrogen-bond donors (Lipinski definition) is 2. The van der Waals surface area contributed by atoms with Gasteiger partial charge in [-0.1, -0.05) is 6.07 Å². The Balaban J connectivity index is 0.00000192. The lowest BCUT2D eigenvalue weighted by molar-refractivity contribution is 0.129. The zero-order valence-electron chi connectivity index (χ0n) is 13.9. The number of aliphatic imine (C=N–C) groups is 1. The van der Waals surface area contributed by atoms with Crippen LogP contribution in [0.2, 0.25) is 0 Å². The third kappa shape index (κ3) is 5.08. The highest BCUT2D eigenvalue weighted by molar-refractivity contribution is 14.0. The number of nitrogens with two attached hydrogens (primary N) is 1. The summed E-state index contributed by atoms with van der Waals surface area (Å²) in [5.41, 5.74) is 10.4. The third-order valence-electron chi connectivity index (χ3n) is 4.89. The van der Waals surface area contributed by atoms with E-state index in [1.807, 2.05) is 6.92 Å². The van der Waals surface area contributed by atoms with Gasteiger partial charge in [0.05, 0.1) is 0 Å². The van der Waals surface area contributed by atoms with E-state index in [0.29, 0.717) is 11.4 Å². The average Bonchev–Trinajstić information content (AvgIpc) is 3.13. The van der Waals surface area contributed by atoms with Gasteiger partial charge >= 0.3 is 0 Å². The largest absolute Gasteiger partial charge is 0.382 e. The molecule has 128 valence electrons. The summed E-state index contributed by atoms with van der Waals surface area (Å²) >= 11 is 0. The molecule has 0 saturated heterocycles. The molecule has 1 aromatic carbocycles. The summed E-state index contributed by atoms with van der Waals surface area (Å²) in [5.74, 6) is 0.528. The van der Waals surface area contributed by atoms with E-state index in [1.54, 1.807) is 0 Å². The Morgan fingerprint density at radius 2 is 2.09 bits per heavy atom. The number of nitrogens with one attached hydrogen (secondary N) is 1. The summed E-state index contributed by atoms with van der Waals surface area (Å²) in [7, 11) is 0. The second-order valence-corrected chi connectivity index (χ2v) is 6.61. The van der Waals surface area contributed by atoms with Crippen molar-refractivity contribution in [2.75, 3.05) is 25.1 Å². The summed E-state index contributed by atoms with van der Waals surface area (Å²) in [6, 6.07) is 6.53. The molecule has 4 nitrogen and oxygen atoms in total. The average molecular weight is 429 g/mol. The predicted molar refractivity (Wildman–Crippen MR) is 107 cm³/mol. The van der Waals surface area contributed by atoms with Gasteiger partial charge in [-0.05, 0) is 74.1 Å². The summed E-state index contributed by atoms with van der Waals surface area (Å²) in [6.45, 7) is 4.48. The van der Waals surface area contributed by atoms with E-state index in [-0.39, 0.29) is 24.0 Å². The van der Waals surface area contributed by atoms with Crippen LogP contribution in [0.1, 0.15) is 43.7 Å². The van der Waals surface area contributed by atoms with Gasteiger partial charge in [0, 0.05) is 25.4 Å². The Bertz CT molecular complexity index is 555. The fourth-order valence-corrected chi connectivity index (χ4v) is 3.19.